The molecule has 1 aromatic rings. The Morgan fingerprint density at radius 2 is 1.74 bits per heavy atom. The minimum absolute atomic E-state index is 0.0948. The molecule has 0 spiro atoms. The summed E-state index contributed by atoms with van der Waals surface area (Å²) < 4.78 is 37.2. The van der Waals surface area contributed by atoms with Gasteiger partial charge in [0.25, 0.3) is 0 Å². The van der Waals surface area contributed by atoms with E-state index in [-0.39, 0.29) is 6.04 Å². The number of halogens is 3. The molecule has 1 aromatic heterocycles. The maximum Gasteiger partial charge on any atom is 0.451 e. The van der Waals surface area contributed by atoms with Crippen molar-refractivity contribution in [1.82, 2.24) is 14.9 Å². The van der Waals surface area contributed by atoms with Gasteiger partial charge >= 0.3 is 6.18 Å². The third-order valence-corrected chi connectivity index (χ3v) is 3.36. The van der Waals surface area contributed by atoms with Gasteiger partial charge < -0.3 is 5.73 Å². The first-order valence-electron chi connectivity index (χ1n) is 6.35. The van der Waals surface area contributed by atoms with Gasteiger partial charge in [0, 0.05) is 24.5 Å². The van der Waals surface area contributed by atoms with Crippen molar-refractivity contribution in [3.63, 3.8) is 0 Å². The highest BCUT2D eigenvalue weighted by Crippen LogP contribution is 2.27. The Balaban J connectivity index is 2.14. The molecule has 0 bridgehead atoms. The third-order valence-electron chi connectivity index (χ3n) is 3.36. The van der Waals surface area contributed by atoms with Crippen molar-refractivity contribution in [1.29, 1.82) is 0 Å². The lowest BCUT2D eigenvalue weighted by atomic mass is 10.0. The molecule has 1 fully saturated rings. The van der Waals surface area contributed by atoms with Crippen LogP contribution in [0.4, 0.5) is 13.2 Å². The number of nitrogens with zero attached hydrogens (tertiary/aromatic N) is 3. The highest BCUT2D eigenvalue weighted by molar-refractivity contribution is 5.13. The fourth-order valence-corrected chi connectivity index (χ4v) is 2.38. The zero-order chi connectivity index (χ0) is 13.9. The quantitative estimate of drug-likeness (QED) is 0.915. The number of aromatic nitrogens is 2. The Kier molecular flexibility index (Phi) is 4.36. The third kappa shape index (κ3) is 3.42. The molecule has 0 aromatic carbocycles. The number of rotatable bonds is 3. The van der Waals surface area contributed by atoms with Crippen LogP contribution in [0.5, 0.6) is 0 Å². The van der Waals surface area contributed by atoms with E-state index in [1.54, 1.807) is 0 Å². The molecule has 1 aliphatic rings. The maximum absolute atomic E-state index is 12.4. The lowest BCUT2D eigenvalue weighted by Crippen LogP contribution is -2.37. The number of alkyl halides is 3. The Morgan fingerprint density at radius 3 is 2.21 bits per heavy atom. The van der Waals surface area contributed by atoms with Gasteiger partial charge in [-0.15, -0.1) is 0 Å². The standard InChI is InChI=1S/C12H17F3N4/c13-12(14,15)11-17-7-9(8-18-11)10(6-16)19-4-2-1-3-5-19/h7-8,10H,1-6,16H2. The first kappa shape index (κ1) is 14.2. The largest absolute Gasteiger partial charge is 0.451 e. The number of likely N-dealkylation sites (tertiary alicyclic amines) is 1. The summed E-state index contributed by atoms with van der Waals surface area (Å²) in [7, 11) is 0. The summed E-state index contributed by atoms with van der Waals surface area (Å²) in [6.45, 7) is 2.19. The van der Waals surface area contributed by atoms with Gasteiger partial charge in [0.15, 0.2) is 0 Å². The maximum atomic E-state index is 12.4. The summed E-state index contributed by atoms with van der Waals surface area (Å²) >= 11 is 0. The molecule has 1 saturated heterocycles. The minimum atomic E-state index is -4.50. The van der Waals surface area contributed by atoms with Gasteiger partial charge in [0.2, 0.25) is 5.82 Å². The van der Waals surface area contributed by atoms with Crippen LogP contribution in [0.25, 0.3) is 0 Å². The molecule has 4 nitrogen and oxygen atoms in total. The van der Waals surface area contributed by atoms with Crippen LogP contribution >= 0.6 is 0 Å². The zero-order valence-corrected chi connectivity index (χ0v) is 10.5. The van der Waals surface area contributed by atoms with Crippen molar-refractivity contribution in [2.45, 2.75) is 31.5 Å². The topological polar surface area (TPSA) is 55.0 Å². The van der Waals surface area contributed by atoms with Crippen LogP contribution in [0.2, 0.25) is 0 Å². The molecular formula is C12H17F3N4. The lowest BCUT2D eigenvalue weighted by Gasteiger charge is -2.33. The molecule has 0 amide bonds. The molecule has 7 heteroatoms. The van der Waals surface area contributed by atoms with Gasteiger partial charge in [-0.2, -0.15) is 13.2 Å². The SMILES string of the molecule is NCC(c1cnc(C(F)(F)F)nc1)N1CCCCC1. The van der Waals surface area contributed by atoms with Gasteiger partial charge in [0.1, 0.15) is 0 Å². The van der Waals surface area contributed by atoms with Crippen molar-refractivity contribution in [3.8, 4) is 0 Å². The Bertz CT molecular complexity index is 398. The van der Waals surface area contributed by atoms with Crippen molar-refractivity contribution in [3.05, 3.63) is 23.8 Å². The molecular weight excluding hydrogens is 257 g/mol. The van der Waals surface area contributed by atoms with E-state index in [1.165, 1.54) is 18.8 Å². The monoisotopic (exact) mass is 274 g/mol. The first-order valence-corrected chi connectivity index (χ1v) is 6.35. The van der Waals surface area contributed by atoms with Crippen LogP contribution in [-0.4, -0.2) is 34.5 Å². The molecule has 1 aliphatic heterocycles. The number of nitrogens with two attached hydrogens (primary N) is 1. The predicted octanol–water partition coefficient (Wildman–Crippen LogP) is 1.98. The van der Waals surface area contributed by atoms with Gasteiger partial charge in [-0.1, -0.05) is 6.42 Å². The van der Waals surface area contributed by atoms with E-state index in [0.717, 1.165) is 25.9 Å². The van der Waals surface area contributed by atoms with Crippen molar-refractivity contribution in [2.75, 3.05) is 19.6 Å². The van der Waals surface area contributed by atoms with Gasteiger partial charge in [-0.25, -0.2) is 9.97 Å². The van der Waals surface area contributed by atoms with Crippen molar-refractivity contribution < 1.29 is 13.2 Å². The predicted molar refractivity (Wildman–Crippen MR) is 64.3 cm³/mol. The molecule has 0 radical (unpaired) electrons. The van der Waals surface area contributed by atoms with E-state index in [1.807, 2.05) is 0 Å². The Hall–Kier alpha value is -1.21. The van der Waals surface area contributed by atoms with Gasteiger partial charge in [0.05, 0.1) is 6.04 Å². The second-order valence-corrected chi connectivity index (χ2v) is 4.69. The fourth-order valence-electron chi connectivity index (χ4n) is 2.38. The van der Waals surface area contributed by atoms with E-state index in [2.05, 4.69) is 14.9 Å². The van der Waals surface area contributed by atoms with Crippen LogP contribution in [0.1, 0.15) is 36.7 Å². The summed E-state index contributed by atoms with van der Waals surface area (Å²) in [4.78, 5) is 8.98. The second kappa shape index (κ2) is 5.83. The van der Waals surface area contributed by atoms with Crippen LogP contribution < -0.4 is 5.73 Å². The van der Waals surface area contributed by atoms with E-state index < -0.39 is 12.0 Å². The van der Waals surface area contributed by atoms with Crippen molar-refractivity contribution >= 4 is 0 Å². The fraction of sp³-hybridized carbons (Fsp3) is 0.667. The van der Waals surface area contributed by atoms with E-state index >= 15 is 0 Å². The smallest absolute Gasteiger partial charge is 0.329 e. The lowest BCUT2D eigenvalue weighted by molar-refractivity contribution is -0.145. The molecule has 1 unspecified atom stereocenters. The zero-order valence-electron chi connectivity index (χ0n) is 10.5. The van der Waals surface area contributed by atoms with Crippen LogP contribution in [0.15, 0.2) is 12.4 Å². The Morgan fingerprint density at radius 1 is 1.16 bits per heavy atom. The van der Waals surface area contributed by atoms with Crippen LogP contribution in [-0.2, 0) is 6.18 Å². The summed E-state index contributed by atoms with van der Waals surface area (Å²) in [6.07, 6.45) is 1.36. The minimum Gasteiger partial charge on any atom is -0.329 e. The van der Waals surface area contributed by atoms with Gasteiger partial charge in [-0.05, 0) is 25.9 Å². The van der Waals surface area contributed by atoms with E-state index in [4.69, 9.17) is 5.73 Å². The van der Waals surface area contributed by atoms with E-state index in [0.29, 0.717) is 12.1 Å². The first-order chi connectivity index (χ1) is 9.02. The number of hydrogen-bond donors (Lipinski definition) is 1. The average molecular weight is 274 g/mol. The number of hydrogen-bond acceptors (Lipinski definition) is 4. The van der Waals surface area contributed by atoms with Crippen molar-refractivity contribution in [2.24, 2.45) is 5.73 Å². The summed E-state index contributed by atoms with van der Waals surface area (Å²) in [5.74, 6) is -1.11. The van der Waals surface area contributed by atoms with Gasteiger partial charge in [-0.3, -0.25) is 4.90 Å². The average Bonchev–Trinajstić information content (AvgIpc) is 2.40. The molecule has 0 aliphatic carbocycles. The Labute approximate surface area is 109 Å². The molecule has 106 valence electrons. The van der Waals surface area contributed by atoms with E-state index in [9.17, 15) is 13.2 Å². The molecule has 2 rings (SSSR count). The van der Waals surface area contributed by atoms with Crippen LogP contribution in [0.3, 0.4) is 0 Å². The summed E-state index contributed by atoms with van der Waals surface area (Å²) in [6, 6.07) is -0.0948. The molecule has 0 saturated carbocycles. The summed E-state index contributed by atoms with van der Waals surface area (Å²) in [5.41, 5.74) is 6.39. The number of piperidine rings is 1. The summed E-state index contributed by atoms with van der Waals surface area (Å²) in [5, 5.41) is 0. The second-order valence-electron chi connectivity index (χ2n) is 4.69. The molecule has 2 N–H and O–H groups in total. The van der Waals surface area contributed by atoms with Crippen LogP contribution in [0, 0.1) is 0 Å². The highest BCUT2D eigenvalue weighted by Gasteiger charge is 2.34. The highest BCUT2D eigenvalue weighted by atomic mass is 19.4. The molecule has 19 heavy (non-hydrogen) atoms. The molecule has 1 atom stereocenters. The molecule has 2 heterocycles. The normalized spacial score (nSPS) is 19.4.